The average molecular weight is 669 g/mol. The zero-order chi connectivity index (χ0) is 25.4. The van der Waals surface area contributed by atoms with Gasteiger partial charge in [-0.15, -0.1) is 17.7 Å². The molecule has 0 bridgehead atoms. The number of hydrogen-bond acceptors (Lipinski definition) is 2. The summed E-state index contributed by atoms with van der Waals surface area (Å²) in [6.45, 7) is 15.2. The number of fused-ring (bicyclic) bond motifs is 3. The maximum absolute atomic E-state index is 4.52. The second-order valence-electron chi connectivity index (χ2n) is 9.87. The Morgan fingerprint density at radius 1 is 0.541 bits per heavy atom. The van der Waals surface area contributed by atoms with Crippen molar-refractivity contribution in [2.45, 2.75) is 41.5 Å². The number of rotatable bonds is 2. The van der Waals surface area contributed by atoms with Crippen molar-refractivity contribution in [3.63, 3.8) is 0 Å². The van der Waals surface area contributed by atoms with Crippen molar-refractivity contribution in [3.05, 3.63) is 125 Å². The molecule has 0 fully saturated rings. The largest absolute Gasteiger partial charge is 0.657 e. The second kappa shape index (κ2) is 11.0. The molecule has 0 aliphatic carbocycles. The van der Waals surface area contributed by atoms with Crippen LogP contribution in [0.15, 0.2) is 85.2 Å². The predicted octanol–water partition coefficient (Wildman–Crippen LogP) is 8.40. The fraction of sp³-hybridized carbons (Fsp3) is 0.182. The number of anilines is 2. The molecule has 4 heteroatoms. The van der Waals surface area contributed by atoms with E-state index in [-0.39, 0.29) is 22.4 Å². The van der Waals surface area contributed by atoms with Crippen molar-refractivity contribution in [3.8, 4) is 0 Å². The number of para-hydroxylation sites is 2. The van der Waals surface area contributed by atoms with Gasteiger partial charge in [-0.25, -0.2) is 0 Å². The molecule has 1 aromatic heterocycles. The fourth-order valence-corrected chi connectivity index (χ4v) is 5.51. The van der Waals surface area contributed by atoms with E-state index in [2.05, 4.69) is 136 Å². The van der Waals surface area contributed by atoms with Crippen LogP contribution in [0.4, 0.5) is 11.4 Å². The second-order valence-corrected chi connectivity index (χ2v) is 9.87. The molecule has 3 nitrogen and oxygen atoms in total. The summed E-state index contributed by atoms with van der Waals surface area (Å²) in [6, 6.07) is 25.5. The molecule has 5 aromatic rings. The third kappa shape index (κ3) is 5.40. The van der Waals surface area contributed by atoms with Gasteiger partial charge in [0, 0.05) is 33.8 Å². The van der Waals surface area contributed by atoms with E-state index < -0.39 is 0 Å². The minimum atomic E-state index is 0. The monoisotopic (exact) mass is 668 g/mol. The van der Waals surface area contributed by atoms with Crippen LogP contribution in [-0.4, -0.2) is 0 Å². The normalized spacial score (nSPS) is 12.6. The Kier molecular flexibility index (Phi) is 7.99. The minimum absolute atomic E-state index is 0. The van der Waals surface area contributed by atoms with Gasteiger partial charge in [-0.1, -0.05) is 83.9 Å². The van der Waals surface area contributed by atoms with Gasteiger partial charge in [0.2, 0.25) is 0 Å². The summed E-state index contributed by atoms with van der Waals surface area (Å²) in [5, 5.41) is 2.50. The van der Waals surface area contributed by atoms with Gasteiger partial charge in [-0.3, -0.25) is 0 Å². The quantitative estimate of drug-likeness (QED) is 0.139. The van der Waals surface area contributed by atoms with Gasteiger partial charge in [-0.2, -0.15) is 0 Å². The predicted molar refractivity (Wildman–Crippen MR) is 154 cm³/mol. The first-order chi connectivity index (χ1) is 17.3. The molecule has 0 N–H and O–H groups in total. The standard InChI is InChI=1S/C21H25N2.C12H8N.Au/c1-14-9-16(3)20(17(4)10-14)22-7-8-23(13-22)21-18(5)11-15(2)12-19(21)6;1-3-7-11-9(5-1)10-6-2-4-8-12(10)13-11;/h7-13H,1-6H3;1-8H;/q2*-1;. The van der Waals surface area contributed by atoms with Gasteiger partial charge in [-0.05, 0) is 87.0 Å². The zero-order valence-electron chi connectivity index (χ0n) is 22.3. The Bertz CT molecular complexity index is 1430. The topological polar surface area (TPSA) is 20.6 Å². The van der Waals surface area contributed by atoms with Crippen molar-refractivity contribution in [1.82, 2.24) is 4.98 Å². The van der Waals surface area contributed by atoms with Crippen LogP contribution < -0.4 is 14.8 Å². The molecule has 0 amide bonds. The number of nitrogens with zero attached hydrogens (tertiary/aromatic N) is 3. The Morgan fingerprint density at radius 2 is 0.892 bits per heavy atom. The maximum atomic E-state index is 4.52. The SMILES string of the molecule is Cc1cc(C)c(N2C=CN(c3c(C)cc(C)cc3C)[CH-]2)c(C)c1.[Au].c1ccc2c(c1)[n-]c1ccccc12. The van der Waals surface area contributed by atoms with Gasteiger partial charge in [0.25, 0.3) is 0 Å². The first-order valence-corrected chi connectivity index (χ1v) is 12.5. The van der Waals surface area contributed by atoms with Crippen LogP contribution in [0, 0.1) is 48.2 Å². The number of hydrogen-bond donors (Lipinski definition) is 0. The van der Waals surface area contributed by atoms with Crippen molar-refractivity contribution >= 4 is 33.2 Å². The van der Waals surface area contributed by atoms with Crippen molar-refractivity contribution in [2.24, 2.45) is 0 Å². The molecule has 0 spiro atoms. The Morgan fingerprint density at radius 3 is 1.27 bits per heavy atom. The number of aryl methyl sites for hydroxylation is 6. The number of aromatic nitrogens is 1. The summed E-state index contributed by atoms with van der Waals surface area (Å²) < 4.78 is 0. The van der Waals surface area contributed by atoms with Crippen LogP contribution in [0.25, 0.3) is 21.8 Å². The van der Waals surface area contributed by atoms with Crippen LogP contribution >= 0.6 is 0 Å². The summed E-state index contributed by atoms with van der Waals surface area (Å²) in [5.41, 5.74) is 12.6. The summed E-state index contributed by atoms with van der Waals surface area (Å²) in [7, 11) is 0. The third-order valence-corrected chi connectivity index (χ3v) is 6.76. The Hall–Kier alpha value is -3.24. The van der Waals surface area contributed by atoms with E-state index in [9.17, 15) is 0 Å². The van der Waals surface area contributed by atoms with E-state index in [1.807, 2.05) is 12.1 Å². The zero-order valence-corrected chi connectivity index (χ0v) is 24.5. The van der Waals surface area contributed by atoms with E-state index in [0.29, 0.717) is 0 Å². The molecule has 0 saturated carbocycles. The summed E-state index contributed by atoms with van der Waals surface area (Å²) >= 11 is 0. The molecular weight excluding hydrogens is 635 g/mol. The first-order valence-electron chi connectivity index (χ1n) is 12.5. The van der Waals surface area contributed by atoms with E-state index in [0.717, 1.165) is 11.0 Å². The van der Waals surface area contributed by atoms with E-state index in [1.165, 1.54) is 55.5 Å². The van der Waals surface area contributed by atoms with E-state index in [1.54, 1.807) is 0 Å². The van der Waals surface area contributed by atoms with Crippen LogP contribution in [0.3, 0.4) is 0 Å². The molecule has 6 rings (SSSR count). The smallest absolute Gasteiger partial charge is 0.0184 e. The van der Waals surface area contributed by atoms with Crippen LogP contribution in [-0.2, 0) is 22.4 Å². The minimum Gasteiger partial charge on any atom is -0.657 e. The Balaban J connectivity index is 0.000000193. The first kappa shape index (κ1) is 26.8. The maximum Gasteiger partial charge on any atom is 0.0184 e. The average Bonchev–Trinajstić information content (AvgIpc) is 3.43. The van der Waals surface area contributed by atoms with E-state index in [4.69, 9.17) is 0 Å². The third-order valence-electron chi connectivity index (χ3n) is 6.76. The Labute approximate surface area is 236 Å². The molecule has 0 unspecified atom stereocenters. The fourth-order valence-electron chi connectivity index (χ4n) is 5.51. The summed E-state index contributed by atoms with van der Waals surface area (Å²) in [5.74, 6) is 0. The molecule has 1 aliphatic rings. The molecule has 1 aliphatic heterocycles. The molecule has 193 valence electrons. The molecule has 0 saturated heterocycles. The van der Waals surface area contributed by atoms with Gasteiger partial charge < -0.3 is 14.8 Å². The molecule has 37 heavy (non-hydrogen) atoms. The van der Waals surface area contributed by atoms with Crippen LogP contribution in [0.1, 0.15) is 33.4 Å². The van der Waals surface area contributed by atoms with E-state index >= 15 is 0 Å². The van der Waals surface area contributed by atoms with Gasteiger partial charge >= 0.3 is 0 Å². The van der Waals surface area contributed by atoms with Gasteiger partial charge in [0.15, 0.2) is 0 Å². The summed E-state index contributed by atoms with van der Waals surface area (Å²) in [4.78, 5) is 8.97. The molecular formula is C33H33AuN3-2. The van der Waals surface area contributed by atoms with Crippen LogP contribution in [0.2, 0.25) is 0 Å². The van der Waals surface area contributed by atoms with Crippen LogP contribution in [0.5, 0.6) is 0 Å². The van der Waals surface area contributed by atoms with Gasteiger partial charge in [0.1, 0.15) is 0 Å². The van der Waals surface area contributed by atoms with Crippen molar-refractivity contribution < 1.29 is 22.4 Å². The van der Waals surface area contributed by atoms with Crippen molar-refractivity contribution in [1.29, 1.82) is 0 Å². The van der Waals surface area contributed by atoms with Crippen molar-refractivity contribution in [2.75, 3.05) is 9.80 Å². The number of benzene rings is 4. The molecule has 0 atom stereocenters. The summed E-state index contributed by atoms with van der Waals surface area (Å²) in [6.07, 6.45) is 4.28. The molecule has 1 radical (unpaired) electrons. The molecule has 2 heterocycles. The van der Waals surface area contributed by atoms with Gasteiger partial charge in [0.05, 0.1) is 0 Å². The molecule has 4 aromatic carbocycles.